The third-order valence-corrected chi connectivity index (χ3v) is 2.92. The second kappa shape index (κ2) is 4.03. The first-order chi connectivity index (χ1) is 7.52. The largest absolute Gasteiger partial charge is 0.289 e. The van der Waals surface area contributed by atoms with Gasteiger partial charge in [0.2, 0.25) is 5.79 Å². The van der Waals surface area contributed by atoms with Gasteiger partial charge in [-0.3, -0.25) is 16.9 Å². The Kier molecular flexibility index (Phi) is 2.86. The van der Waals surface area contributed by atoms with E-state index in [0.717, 1.165) is 0 Å². The van der Waals surface area contributed by atoms with Gasteiger partial charge in [-0.05, 0) is 6.07 Å². The zero-order valence-electron chi connectivity index (χ0n) is 8.11. The van der Waals surface area contributed by atoms with Gasteiger partial charge >= 0.3 is 0 Å². The Labute approximate surface area is 102 Å². The van der Waals surface area contributed by atoms with Crippen LogP contribution in [0.2, 0.25) is 10.0 Å². The Morgan fingerprint density at radius 3 is 2.69 bits per heavy atom. The fraction of sp³-hybridized carbons (Fsp3) is 0.111. The summed E-state index contributed by atoms with van der Waals surface area (Å²) in [6, 6.07) is 5.13. The summed E-state index contributed by atoms with van der Waals surface area (Å²) in [7, 11) is 0. The Bertz CT molecular complexity index is 481. The average Bonchev–Trinajstić information content (AvgIpc) is 2.22. The van der Waals surface area contributed by atoms with E-state index in [1.165, 1.54) is 6.34 Å². The minimum atomic E-state index is -1.40. The molecule has 0 saturated carbocycles. The van der Waals surface area contributed by atoms with Crippen molar-refractivity contribution in [3.05, 3.63) is 33.8 Å². The van der Waals surface area contributed by atoms with Crippen molar-refractivity contribution in [1.82, 2.24) is 5.43 Å². The molecule has 0 fully saturated rings. The SMILES string of the molecule is NC1(N)N=CNN=C1c1cccc(Cl)c1Cl. The molecule has 5 nitrogen and oxygen atoms in total. The zero-order valence-corrected chi connectivity index (χ0v) is 9.63. The number of hydrazone groups is 1. The highest BCUT2D eigenvalue weighted by Gasteiger charge is 2.30. The molecule has 0 amide bonds. The Hall–Kier alpha value is -1.14. The quantitative estimate of drug-likeness (QED) is 0.654. The molecule has 0 atom stereocenters. The standard InChI is InChI=1S/C9H9Cl2N5/c10-6-3-1-2-5(7(6)11)8-9(12,13)14-4-15-16-8/h1-4H,12-13H2,(H,14,15). The summed E-state index contributed by atoms with van der Waals surface area (Å²) < 4.78 is 0. The Morgan fingerprint density at radius 2 is 2.00 bits per heavy atom. The molecule has 7 heteroatoms. The molecule has 0 aliphatic carbocycles. The second-order valence-electron chi connectivity index (χ2n) is 3.27. The van der Waals surface area contributed by atoms with E-state index in [1.54, 1.807) is 18.2 Å². The summed E-state index contributed by atoms with van der Waals surface area (Å²) in [5, 5.41) is 4.74. The van der Waals surface area contributed by atoms with Crippen molar-refractivity contribution in [2.24, 2.45) is 21.6 Å². The highest BCUT2D eigenvalue weighted by molar-refractivity contribution is 6.44. The molecule has 5 N–H and O–H groups in total. The van der Waals surface area contributed by atoms with Gasteiger partial charge in [0.25, 0.3) is 0 Å². The Balaban J connectivity index is 2.53. The van der Waals surface area contributed by atoms with E-state index in [0.29, 0.717) is 21.3 Å². The van der Waals surface area contributed by atoms with Crippen LogP contribution >= 0.6 is 23.2 Å². The van der Waals surface area contributed by atoms with Gasteiger partial charge in [-0.25, -0.2) is 4.99 Å². The number of halogens is 2. The van der Waals surface area contributed by atoms with Crippen LogP contribution in [0.1, 0.15) is 5.56 Å². The zero-order chi connectivity index (χ0) is 11.8. The number of hydrogen-bond acceptors (Lipinski definition) is 5. The van der Waals surface area contributed by atoms with Crippen molar-refractivity contribution in [3.8, 4) is 0 Å². The summed E-state index contributed by atoms with van der Waals surface area (Å²) in [6.07, 6.45) is 1.32. The van der Waals surface area contributed by atoms with Gasteiger partial charge in [0.1, 0.15) is 12.1 Å². The highest BCUT2D eigenvalue weighted by atomic mass is 35.5. The predicted molar refractivity (Wildman–Crippen MR) is 65.7 cm³/mol. The molecule has 1 aliphatic rings. The fourth-order valence-corrected chi connectivity index (χ4v) is 1.73. The Morgan fingerprint density at radius 1 is 1.25 bits per heavy atom. The highest BCUT2D eigenvalue weighted by Crippen LogP contribution is 2.27. The molecule has 2 rings (SSSR count). The summed E-state index contributed by atoms with van der Waals surface area (Å²) in [5.74, 6) is -1.40. The van der Waals surface area contributed by atoms with Crippen LogP contribution in [0, 0.1) is 0 Å². The van der Waals surface area contributed by atoms with Crippen LogP contribution in [0.4, 0.5) is 0 Å². The van der Waals surface area contributed by atoms with E-state index in [1.807, 2.05) is 0 Å². The number of nitrogens with zero attached hydrogens (tertiary/aromatic N) is 2. The number of nitrogens with two attached hydrogens (primary N) is 2. The van der Waals surface area contributed by atoms with Gasteiger partial charge in [0.05, 0.1) is 10.0 Å². The molecule has 1 aliphatic heterocycles. The lowest BCUT2D eigenvalue weighted by Crippen LogP contribution is -2.57. The number of hydrogen-bond donors (Lipinski definition) is 3. The van der Waals surface area contributed by atoms with E-state index < -0.39 is 5.79 Å². The van der Waals surface area contributed by atoms with Gasteiger partial charge < -0.3 is 0 Å². The fourth-order valence-electron chi connectivity index (χ4n) is 1.34. The van der Waals surface area contributed by atoms with E-state index >= 15 is 0 Å². The summed E-state index contributed by atoms with van der Waals surface area (Å²) in [6.45, 7) is 0. The number of rotatable bonds is 1. The van der Waals surface area contributed by atoms with Crippen molar-refractivity contribution in [2.45, 2.75) is 5.79 Å². The van der Waals surface area contributed by atoms with Crippen LogP contribution in [0.15, 0.2) is 28.3 Å². The molecule has 1 aromatic carbocycles. The molecule has 1 aromatic rings. The average molecular weight is 258 g/mol. The monoisotopic (exact) mass is 257 g/mol. The van der Waals surface area contributed by atoms with Crippen LogP contribution in [-0.4, -0.2) is 17.8 Å². The summed E-state index contributed by atoms with van der Waals surface area (Å²) >= 11 is 11.9. The number of aliphatic imine (C=N–C) groups is 1. The molecule has 0 saturated heterocycles. The van der Waals surface area contributed by atoms with Crippen LogP contribution in [0.5, 0.6) is 0 Å². The lowest BCUT2D eigenvalue weighted by Gasteiger charge is -2.25. The third-order valence-electron chi connectivity index (χ3n) is 2.10. The van der Waals surface area contributed by atoms with Gasteiger partial charge in [-0.1, -0.05) is 35.3 Å². The van der Waals surface area contributed by atoms with Crippen LogP contribution in [0.25, 0.3) is 0 Å². The first-order valence-corrected chi connectivity index (χ1v) is 5.17. The first kappa shape index (κ1) is 11.3. The lowest BCUT2D eigenvalue weighted by molar-refractivity contribution is 0.611. The lowest BCUT2D eigenvalue weighted by atomic mass is 10.0. The van der Waals surface area contributed by atoms with E-state index in [9.17, 15) is 0 Å². The van der Waals surface area contributed by atoms with Crippen molar-refractivity contribution < 1.29 is 0 Å². The van der Waals surface area contributed by atoms with Crippen molar-refractivity contribution in [2.75, 3.05) is 0 Å². The molecule has 0 radical (unpaired) electrons. The molecule has 0 bridgehead atoms. The topological polar surface area (TPSA) is 88.8 Å². The van der Waals surface area contributed by atoms with Gasteiger partial charge in [0.15, 0.2) is 0 Å². The molecule has 1 heterocycles. The maximum absolute atomic E-state index is 6.05. The van der Waals surface area contributed by atoms with Gasteiger partial charge in [0, 0.05) is 5.56 Å². The molecule has 16 heavy (non-hydrogen) atoms. The number of nitrogens with one attached hydrogen (secondary N) is 1. The minimum Gasteiger partial charge on any atom is -0.289 e. The summed E-state index contributed by atoms with van der Waals surface area (Å²) in [4.78, 5) is 3.88. The second-order valence-corrected chi connectivity index (χ2v) is 4.06. The van der Waals surface area contributed by atoms with Crippen molar-refractivity contribution in [1.29, 1.82) is 0 Å². The van der Waals surface area contributed by atoms with Crippen molar-refractivity contribution in [3.63, 3.8) is 0 Å². The van der Waals surface area contributed by atoms with E-state index in [2.05, 4.69) is 15.5 Å². The van der Waals surface area contributed by atoms with Gasteiger partial charge in [-0.15, -0.1) is 0 Å². The number of benzene rings is 1. The van der Waals surface area contributed by atoms with Crippen LogP contribution in [-0.2, 0) is 0 Å². The third kappa shape index (κ3) is 1.90. The van der Waals surface area contributed by atoms with Gasteiger partial charge in [-0.2, -0.15) is 5.10 Å². The smallest absolute Gasteiger partial charge is 0.207 e. The van der Waals surface area contributed by atoms with Crippen LogP contribution in [0.3, 0.4) is 0 Å². The van der Waals surface area contributed by atoms with Crippen LogP contribution < -0.4 is 16.9 Å². The summed E-state index contributed by atoms with van der Waals surface area (Å²) in [5.41, 5.74) is 15.0. The predicted octanol–water partition coefficient (Wildman–Crippen LogP) is 0.900. The maximum atomic E-state index is 6.05. The molecule has 84 valence electrons. The first-order valence-electron chi connectivity index (χ1n) is 4.42. The van der Waals surface area contributed by atoms with Crippen molar-refractivity contribution >= 4 is 35.3 Å². The molecular formula is C9H9Cl2N5. The molecule has 0 unspecified atom stereocenters. The molecule has 0 spiro atoms. The molecular weight excluding hydrogens is 249 g/mol. The van der Waals surface area contributed by atoms with E-state index in [4.69, 9.17) is 34.7 Å². The minimum absolute atomic E-state index is 0.336. The van der Waals surface area contributed by atoms with E-state index in [-0.39, 0.29) is 0 Å². The normalized spacial score (nSPS) is 17.9. The molecule has 0 aromatic heterocycles. The maximum Gasteiger partial charge on any atom is 0.207 e.